The van der Waals surface area contributed by atoms with Gasteiger partial charge in [-0.1, -0.05) is 24.6 Å². The molecule has 0 aliphatic carbocycles. The summed E-state index contributed by atoms with van der Waals surface area (Å²) < 4.78 is 5.38. The smallest absolute Gasteiger partial charge is 0.0739 e. The zero-order valence-corrected chi connectivity index (χ0v) is 10.4. The van der Waals surface area contributed by atoms with Gasteiger partial charge < -0.3 is 15.8 Å². The molecule has 1 aromatic carbocycles. The highest BCUT2D eigenvalue weighted by Gasteiger charge is 2.01. The van der Waals surface area contributed by atoms with Gasteiger partial charge in [-0.2, -0.15) is 0 Å². The van der Waals surface area contributed by atoms with Crippen molar-refractivity contribution in [2.24, 2.45) is 0 Å². The lowest BCUT2D eigenvalue weighted by Gasteiger charge is -2.10. The number of rotatable bonds is 7. The Labute approximate surface area is 102 Å². The molecule has 0 fully saturated rings. The minimum atomic E-state index is 0.590. The molecule has 0 heterocycles. The summed E-state index contributed by atoms with van der Waals surface area (Å²) in [5.41, 5.74) is 7.32. The van der Waals surface area contributed by atoms with Crippen LogP contribution in [0.4, 0.5) is 11.4 Å². The van der Waals surface area contributed by atoms with Crippen LogP contribution in [-0.2, 0) is 4.74 Å². The molecule has 0 spiro atoms. The number of hydrogen-bond acceptors (Lipinski definition) is 3. The van der Waals surface area contributed by atoms with Crippen molar-refractivity contribution >= 4 is 23.0 Å². The van der Waals surface area contributed by atoms with Crippen LogP contribution in [0, 0.1) is 0 Å². The predicted octanol–water partition coefficient (Wildman–Crippen LogP) is 3.15. The molecule has 0 aliphatic rings. The second-order valence-electron chi connectivity index (χ2n) is 3.59. The second-order valence-corrected chi connectivity index (χ2v) is 4.00. The highest BCUT2D eigenvalue weighted by atomic mass is 35.5. The quantitative estimate of drug-likeness (QED) is 0.570. The molecule has 0 aromatic heterocycles. The lowest BCUT2D eigenvalue weighted by atomic mass is 10.2. The number of ether oxygens (including phenoxy) is 1. The van der Waals surface area contributed by atoms with E-state index in [9.17, 15) is 0 Å². The van der Waals surface area contributed by atoms with Gasteiger partial charge in [0.05, 0.1) is 16.4 Å². The third-order valence-electron chi connectivity index (χ3n) is 2.18. The van der Waals surface area contributed by atoms with Gasteiger partial charge in [-0.05, 0) is 25.0 Å². The molecule has 1 rings (SSSR count). The zero-order chi connectivity index (χ0) is 11.8. The zero-order valence-electron chi connectivity index (χ0n) is 9.63. The molecule has 3 nitrogen and oxygen atoms in total. The normalized spacial score (nSPS) is 10.4. The van der Waals surface area contributed by atoms with Crippen LogP contribution in [0.1, 0.15) is 19.8 Å². The van der Waals surface area contributed by atoms with Gasteiger partial charge in [0.2, 0.25) is 0 Å². The lowest BCUT2D eigenvalue weighted by molar-refractivity contribution is 0.134. The number of halogens is 1. The molecule has 90 valence electrons. The lowest BCUT2D eigenvalue weighted by Crippen LogP contribution is -2.07. The van der Waals surface area contributed by atoms with E-state index in [2.05, 4.69) is 12.2 Å². The number of nitrogens with two attached hydrogens (primary N) is 1. The van der Waals surface area contributed by atoms with Crippen molar-refractivity contribution in [3.05, 3.63) is 23.2 Å². The molecule has 0 amide bonds. The van der Waals surface area contributed by atoms with Crippen LogP contribution in [0.3, 0.4) is 0 Å². The summed E-state index contributed by atoms with van der Waals surface area (Å²) in [6.45, 7) is 4.56. The Bertz CT molecular complexity index is 318. The van der Waals surface area contributed by atoms with Crippen LogP contribution in [0.25, 0.3) is 0 Å². The van der Waals surface area contributed by atoms with E-state index in [4.69, 9.17) is 22.1 Å². The first-order valence-corrected chi connectivity index (χ1v) is 5.99. The van der Waals surface area contributed by atoms with E-state index in [1.807, 2.05) is 12.1 Å². The van der Waals surface area contributed by atoms with E-state index in [0.717, 1.165) is 38.3 Å². The summed E-state index contributed by atoms with van der Waals surface area (Å²) in [7, 11) is 0. The third-order valence-corrected chi connectivity index (χ3v) is 2.51. The molecular weight excluding hydrogens is 224 g/mol. The average Bonchev–Trinajstić information content (AvgIpc) is 2.29. The fourth-order valence-corrected chi connectivity index (χ4v) is 1.51. The summed E-state index contributed by atoms with van der Waals surface area (Å²) in [5, 5.41) is 3.83. The van der Waals surface area contributed by atoms with Crippen LogP contribution >= 0.6 is 11.6 Å². The number of para-hydroxylation sites is 1. The summed E-state index contributed by atoms with van der Waals surface area (Å²) >= 11 is 5.91. The Hall–Kier alpha value is -0.930. The molecule has 3 N–H and O–H groups in total. The highest BCUT2D eigenvalue weighted by molar-refractivity contribution is 6.33. The largest absolute Gasteiger partial charge is 0.396 e. The van der Waals surface area contributed by atoms with Crippen LogP contribution in [-0.4, -0.2) is 19.8 Å². The van der Waals surface area contributed by atoms with Crippen molar-refractivity contribution in [1.29, 1.82) is 0 Å². The van der Waals surface area contributed by atoms with Gasteiger partial charge in [-0.25, -0.2) is 0 Å². The Morgan fingerprint density at radius 3 is 2.94 bits per heavy atom. The number of anilines is 2. The molecule has 0 aliphatic heterocycles. The predicted molar refractivity (Wildman–Crippen MR) is 70.1 cm³/mol. The summed E-state index contributed by atoms with van der Waals surface area (Å²) in [4.78, 5) is 0. The number of benzene rings is 1. The van der Waals surface area contributed by atoms with Crippen molar-refractivity contribution in [1.82, 2.24) is 0 Å². The Balaban J connectivity index is 2.24. The maximum absolute atomic E-state index is 5.91. The minimum absolute atomic E-state index is 0.590. The summed E-state index contributed by atoms with van der Waals surface area (Å²) in [5.74, 6) is 0. The van der Waals surface area contributed by atoms with Gasteiger partial charge in [-0.3, -0.25) is 0 Å². The van der Waals surface area contributed by atoms with Crippen molar-refractivity contribution < 1.29 is 4.74 Å². The first kappa shape index (κ1) is 13.1. The van der Waals surface area contributed by atoms with E-state index in [1.54, 1.807) is 6.07 Å². The maximum atomic E-state index is 5.91. The van der Waals surface area contributed by atoms with E-state index in [1.165, 1.54) is 0 Å². The van der Waals surface area contributed by atoms with Crippen LogP contribution in [0.2, 0.25) is 5.02 Å². The standard InChI is InChI=1S/C12H19ClN2O/c1-2-8-16-9-4-7-15-11-6-3-5-10(13)12(11)14/h3,5-6,15H,2,4,7-9,14H2,1H3. The number of nitrogen functional groups attached to an aromatic ring is 1. The first-order chi connectivity index (χ1) is 7.75. The molecule has 0 radical (unpaired) electrons. The van der Waals surface area contributed by atoms with E-state index in [0.29, 0.717) is 10.7 Å². The minimum Gasteiger partial charge on any atom is -0.396 e. The Morgan fingerprint density at radius 2 is 2.19 bits per heavy atom. The van der Waals surface area contributed by atoms with E-state index in [-0.39, 0.29) is 0 Å². The third kappa shape index (κ3) is 4.29. The molecule has 4 heteroatoms. The first-order valence-electron chi connectivity index (χ1n) is 5.61. The topological polar surface area (TPSA) is 47.3 Å². The Kier molecular flexibility index (Phi) is 6.04. The van der Waals surface area contributed by atoms with Crippen LogP contribution in [0.15, 0.2) is 18.2 Å². The summed E-state index contributed by atoms with van der Waals surface area (Å²) in [6.07, 6.45) is 2.03. The average molecular weight is 243 g/mol. The molecule has 0 saturated heterocycles. The van der Waals surface area contributed by atoms with Crippen molar-refractivity contribution in [3.8, 4) is 0 Å². The van der Waals surface area contributed by atoms with Crippen molar-refractivity contribution in [2.45, 2.75) is 19.8 Å². The molecule has 16 heavy (non-hydrogen) atoms. The van der Waals surface area contributed by atoms with Gasteiger partial charge in [0.15, 0.2) is 0 Å². The molecule has 0 bridgehead atoms. The number of hydrogen-bond donors (Lipinski definition) is 2. The van der Waals surface area contributed by atoms with Gasteiger partial charge in [0, 0.05) is 19.8 Å². The molecule has 0 saturated carbocycles. The van der Waals surface area contributed by atoms with E-state index >= 15 is 0 Å². The monoisotopic (exact) mass is 242 g/mol. The molecular formula is C12H19ClN2O. The second kappa shape index (κ2) is 7.36. The van der Waals surface area contributed by atoms with Crippen molar-refractivity contribution in [2.75, 3.05) is 30.8 Å². The van der Waals surface area contributed by atoms with Gasteiger partial charge in [0.25, 0.3) is 0 Å². The van der Waals surface area contributed by atoms with Crippen LogP contribution < -0.4 is 11.1 Å². The van der Waals surface area contributed by atoms with Gasteiger partial charge in [-0.15, -0.1) is 0 Å². The maximum Gasteiger partial charge on any atom is 0.0739 e. The molecule has 1 aromatic rings. The molecule has 0 unspecified atom stereocenters. The SMILES string of the molecule is CCCOCCCNc1cccc(Cl)c1N. The molecule has 0 atom stereocenters. The summed E-state index contributed by atoms with van der Waals surface area (Å²) in [6, 6.07) is 5.59. The van der Waals surface area contributed by atoms with Crippen molar-refractivity contribution in [3.63, 3.8) is 0 Å². The fraction of sp³-hybridized carbons (Fsp3) is 0.500. The number of nitrogens with one attached hydrogen (secondary N) is 1. The van der Waals surface area contributed by atoms with Crippen LogP contribution in [0.5, 0.6) is 0 Å². The van der Waals surface area contributed by atoms with E-state index < -0.39 is 0 Å². The highest BCUT2D eigenvalue weighted by Crippen LogP contribution is 2.26. The van der Waals surface area contributed by atoms with Gasteiger partial charge in [0.1, 0.15) is 0 Å². The Morgan fingerprint density at radius 1 is 1.38 bits per heavy atom. The van der Waals surface area contributed by atoms with Gasteiger partial charge >= 0.3 is 0 Å². The fourth-order valence-electron chi connectivity index (χ4n) is 1.33.